The minimum Gasteiger partial charge on any atom is -0.368 e. The second-order valence-corrected chi connectivity index (χ2v) is 5.09. The average Bonchev–Trinajstić information content (AvgIpc) is 2.80. The highest BCUT2D eigenvalue weighted by atomic mass is 35.5. The number of thiophene rings is 1. The van der Waals surface area contributed by atoms with Crippen molar-refractivity contribution in [3.63, 3.8) is 0 Å². The van der Waals surface area contributed by atoms with Crippen LogP contribution in [0.4, 0.5) is 5.95 Å². The maximum absolute atomic E-state index is 6.16. The van der Waals surface area contributed by atoms with Gasteiger partial charge in [0.15, 0.2) is 0 Å². The number of aromatic nitrogens is 2. The molecular formula is C12H14ClN3S. The summed E-state index contributed by atoms with van der Waals surface area (Å²) in [5.74, 6) is 0.235. The first-order valence-electron chi connectivity index (χ1n) is 5.58. The van der Waals surface area contributed by atoms with E-state index in [4.69, 9.17) is 17.3 Å². The zero-order valence-corrected chi connectivity index (χ0v) is 11.2. The fourth-order valence-corrected chi connectivity index (χ4v) is 2.68. The van der Waals surface area contributed by atoms with E-state index in [1.54, 1.807) is 11.3 Å². The van der Waals surface area contributed by atoms with Crippen LogP contribution in [0.1, 0.15) is 25.3 Å². The molecule has 0 atom stereocenters. The van der Waals surface area contributed by atoms with Gasteiger partial charge in [-0.25, -0.2) is 9.97 Å². The molecule has 0 aliphatic carbocycles. The maximum Gasteiger partial charge on any atom is 0.222 e. The summed E-state index contributed by atoms with van der Waals surface area (Å²) in [5, 5.41) is 2.50. The lowest BCUT2D eigenvalue weighted by atomic mass is 10.1. The second kappa shape index (κ2) is 5.47. The lowest BCUT2D eigenvalue weighted by molar-refractivity contribution is 0.790. The summed E-state index contributed by atoms with van der Waals surface area (Å²) < 4.78 is 0. The SMILES string of the molecule is CCCCc1c(Cl)nc(N)nc1-c1cccs1. The predicted molar refractivity (Wildman–Crippen MR) is 73.4 cm³/mol. The van der Waals surface area contributed by atoms with Gasteiger partial charge in [-0.1, -0.05) is 31.0 Å². The molecule has 2 rings (SSSR count). The fourth-order valence-electron chi connectivity index (χ4n) is 1.66. The van der Waals surface area contributed by atoms with E-state index in [0.717, 1.165) is 35.4 Å². The molecule has 17 heavy (non-hydrogen) atoms. The van der Waals surface area contributed by atoms with Gasteiger partial charge in [-0.2, -0.15) is 0 Å². The lowest BCUT2D eigenvalue weighted by Crippen LogP contribution is -2.02. The van der Waals surface area contributed by atoms with Crippen LogP contribution in [0.5, 0.6) is 0 Å². The van der Waals surface area contributed by atoms with Gasteiger partial charge >= 0.3 is 0 Å². The van der Waals surface area contributed by atoms with Crippen molar-refractivity contribution in [1.29, 1.82) is 0 Å². The quantitative estimate of drug-likeness (QED) is 0.858. The summed E-state index contributed by atoms with van der Waals surface area (Å²) in [4.78, 5) is 9.45. The molecule has 0 saturated heterocycles. The Balaban J connectivity index is 2.47. The molecule has 0 aromatic carbocycles. The van der Waals surface area contributed by atoms with Crippen molar-refractivity contribution >= 4 is 28.9 Å². The molecule has 0 fully saturated rings. The number of nitrogens with zero attached hydrogens (tertiary/aromatic N) is 2. The van der Waals surface area contributed by atoms with Crippen LogP contribution in [0.2, 0.25) is 5.15 Å². The predicted octanol–water partition coefficient (Wildman–Crippen LogP) is 3.78. The number of hydrogen-bond acceptors (Lipinski definition) is 4. The number of hydrogen-bond donors (Lipinski definition) is 1. The molecule has 2 aromatic heterocycles. The number of nitrogen functional groups attached to an aromatic ring is 1. The topological polar surface area (TPSA) is 51.8 Å². The van der Waals surface area contributed by atoms with Crippen molar-refractivity contribution in [2.45, 2.75) is 26.2 Å². The molecule has 90 valence electrons. The molecule has 0 spiro atoms. The zero-order chi connectivity index (χ0) is 12.3. The minimum atomic E-state index is 0.235. The molecule has 2 N–H and O–H groups in total. The summed E-state index contributed by atoms with van der Waals surface area (Å²) >= 11 is 7.80. The van der Waals surface area contributed by atoms with E-state index in [1.165, 1.54) is 0 Å². The van der Waals surface area contributed by atoms with Gasteiger partial charge in [-0.15, -0.1) is 11.3 Å². The average molecular weight is 268 g/mol. The first kappa shape index (κ1) is 12.3. The summed E-state index contributed by atoms with van der Waals surface area (Å²) in [6.07, 6.45) is 3.08. The van der Waals surface area contributed by atoms with Gasteiger partial charge in [0.25, 0.3) is 0 Å². The van der Waals surface area contributed by atoms with E-state index in [2.05, 4.69) is 16.9 Å². The van der Waals surface area contributed by atoms with E-state index in [0.29, 0.717) is 5.15 Å². The number of rotatable bonds is 4. The van der Waals surface area contributed by atoms with Gasteiger partial charge in [0.2, 0.25) is 5.95 Å². The highest BCUT2D eigenvalue weighted by Gasteiger charge is 2.13. The summed E-state index contributed by atoms with van der Waals surface area (Å²) in [6, 6.07) is 4.02. The van der Waals surface area contributed by atoms with Crippen LogP contribution in [-0.2, 0) is 6.42 Å². The van der Waals surface area contributed by atoms with Crippen molar-refractivity contribution in [3.8, 4) is 10.6 Å². The van der Waals surface area contributed by atoms with E-state index in [-0.39, 0.29) is 5.95 Å². The van der Waals surface area contributed by atoms with Crippen LogP contribution in [-0.4, -0.2) is 9.97 Å². The number of nitrogens with two attached hydrogens (primary N) is 1. The van der Waals surface area contributed by atoms with Crippen LogP contribution in [0.3, 0.4) is 0 Å². The van der Waals surface area contributed by atoms with Gasteiger partial charge in [0.05, 0.1) is 10.6 Å². The Bertz CT molecular complexity index is 497. The smallest absolute Gasteiger partial charge is 0.222 e. The second-order valence-electron chi connectivity index (χ2n) is 3.78. The van der Waals surface area contributed by atoms with Crippen LogP contribution >= 0.6 is 22.9 Å². The molecule has 0 amide bonds. The van der Waals surface area contributed by atoms with E-state index >= 15 is 0 Å². The van der Waals surface area contributed by atoms with E-state index < -0.39 is 0 Å². The van der Waals surface area contributed by atoms with Crippen LogP contribution in [0, 0.1) is 0 Å². The number of anilines is 1. The molecule has 0 saturated carbocycles. The Morgan fingerprint density at radius 3 is 2.88 bits per heavy atom. The number of unbranched alkanes of at least 4 members (excludes halogenated alkanes) is 1. The Morgan fingerprint density at radius 1 is 1.41 bits per heavy atom. The summed E-state index contributed by atoms with van der Waals surface area (Å²) in [5.41, 5.74) is 7.55. The molecule has 0 aliphatic rings. The molecule has 0 unspecified atom stereocenters. The van der Waals surface area contributed by atoms with Crippen LogP contribution in [0.25, 0.3) is 10.6 Å². The summed E-state index contributed by atoms with van der Waals surface area (Å²) in [6.45, 7) is 2.15. The van der Waals surface area contributed by atoms with Gasteiger partial charge in [-0.3, -0.25) is 0 Å². The Hall–Kier alpha value is -1.13. The highest BCUT2D eigenvalue weighted by molar-refractivity contribution is 7.13. The van der Waals surface area contributed by atoms with Crippen molar-refractivity contribution in [2.24, 2.45) is 0 Å². The molecular weight excluding hydrogens is 254 g/mol. The van der Waals surface area contributed by atoms with E-state index in [1.807, 2.05) is 17.5 Å². The standard InChI is InChI=1S/C12H14ClN3S/c1-2-3-5-8-10(9-6-4-7-17-9)15-12(14)16-11(8)13/h4,6-7H,2-3,5H2,1H3,(H2,14,15,16). The number of halogens is 1. The van der Waals surface area contributed by atoms with Crippen LogP contribution < -0.4 is 5.73 Å². The summed E-state index contributed by atoms with van der Waals surface area (Å²) in [7, 11) is 0. The van der Waals surface area contributed by atoms with Gasteiger partial charge in [-0.05, 0) is 24.3 Å². The Morgan fingerprint density at radius 2 is 2.24 bits per heavy atom. The largest absolute Gasteiger partial charge is 0.368 e. The van der Waals surface area contributed by atoms with Crippen molar-refractivity contribution in [3.05, 3.63) is 28.2 Å². The molecule has 0 radical (unpaired) electrons. The first-order valence-corrected chi connectivity index (χ1v) is 6.84. The Labute approximate surface area is 110 Å². The van der Waals surface area contributed by atoms with Gasteiger partial charge in [0, 0.05) is 5.56 Å². The Kier molecular flexibility index (Phi) is 3.97. The van der Waals surface area contributed by atoms with Crippen molar-refractivity contribution in [2.75, 3.05) is 5.73 Å². The monoisotopic (exact) mass is 267 g/mol. The molecule has 0 aliphatic heterocycles. The minimum absolute atomic E-state index is 0.235. The first-order chi connectivity index (χ1) is 8.22. The molecule has 2 heterocycles. The third-order valence-electron chi connectivity index (χ3n) is 2.51. The molecule has 5 heteroatoms. The molecule has 2 aromatic rings. The van der Waals surface area contributed by atoms with Crippen LogP contribution in [0.15, 0.2) is 17.5 Å². The molecule has 0 bridgehead atoms. The van der Waals surface area contributed by atoms with E-state index in [9.17, 15) is 0 Å². The lowest BCUT2D eigenvalue weighted by Gasteiger charge is -2.09. The third-order valence-corrected chi connectivity index (χ3v) is 3.70. The highest BCUT2D eigenvalue weighted by Crippen LogP contribution is 2.31. The van der Waals surface area contributed by atoms with Crippen molar-refractivity contribution < 1.29 is 0 Å². The van der Waals surface area contributed by atoms with Gasteiger partial charge < -0.3 is 5.73 Å². The fraction of sp³-hybridized carbons (Fsp3) is 0.333. The van der Waals surface area contributed by atoms with Gasteiger partial charge in [0.1, 0.15) is 5.15 Å². The third kappa shape index (κ3) is 2.76. The van der Waals surface area contributed by atoms with Crippen molar-refractivity contribution in [1.82, 2.24) is 9.97 Å². The maximum atomic E-state index is 6.16. The normalized spacial score (nSPS) is 10.7. The molecule has 3 nitrogen and oxygen atoms in total. The zero-order valence-electron chi connectivity index (χ0n) is 9.61.